The molecule has 0 radical (unpaired) electrons. The quantitative estimate of drug-likeness (QED) is 0.163. The molecule has 0 saturated heterocycles. The highest BCUT2D eigenvalue weighted by molar-refractivity contribution is 7.00. The van der Waals surface area contributed by atoms with Crippen molar-refractivity contribution in [1.29, 1.82) is 0 Å². The SMILES string of the molecule is CC(C)(C)c1ccc(N2c3cc(N4c5ccc(-c6ccccc6)cc5C5(C)CCc6ccccc6C45C)ccc3B3c4ccc(C(C)(C)C)cc4N(c4cccc(C(C)(C)C)c4)c4cc(C(C)(C)C)cc2c43)cc1. The van der Waals surface area contributed by atoms with Crippen LogP contribution in [0.3, 0.4) is 0 Å². The van der Waals surface area contributed by atoms with Crippen molar-refractivity contribution >= 4 is 68.6 Å². The fourth-order valence-electron chi connectivity index (χ4n) is 13.3. The lowest BCUT2D eigenvalue weighted by molar-refractivity contribution is 0.245. The Morgan fingerprint density at radius 3 is 1.61 bits per heavy atom. The molecule has 0 amide bonds. The Morgan fingerprint density at radius 2 is 0.946 bits per heavy atom. The van der Waals surface area contributed by atoms with Crippen molar-refractivity contribution < 1.29 is 0 Å². The van der Waals surface area contributed by atoms with Gasteiger partial charge in [-0.15, -0.1) is 0 Å². The number of hydrogen-bond acceptors (Lipinski definition) is 3. The lowest BCUT2D eigenvalue weighted by Gasteiger charge is -2.51. The van der Waals surface area contributed by atoms with Gasteiger partial charge in [-0.2, -0.15) is 0 Å². The molecule has 74 heavy (non-hydrogen) atoms. The van der Waals surface area contributed by atoms with Crippen molar-refractivity contribution in [3.8, 4) is 11.1 Å². The fourth-order valence-corrected chi connectivity index (χ4v) is 13.3. The van der Waals surface area contributed by atoms with Gasteiger partial charge in [-0.3, -0.25) is 0 Å². The standard InChI is InChI=1S/C70H74BN3/c1-65(2,3)48-28-31-52(32-29-48)72-61-44-54(74-59-36-27-47(45-21-16-15-17-22-45)39-56(59)69(13)38-37-46-23-18-19-26-55(46)70(69,74)14)33-35-58(61)71-57-34-30-50(67(7,8)9)41-60(57)73(53-25-20-24-49(40-53)66(4,5)6)63-43-51(68(10,11)12)42-62(72)64(63)71/h15-36,39-44H,37-38H2,1-14H3. The molecule has 8 aromatic carbocycles. The van der Waals surface area contributed by atoms with Gasteiger partial charge in [-0.05, 0) is 175 Å². The van der Waals surface area contributed by atoms with Gasteiger partial charge in [0.2, 0.25) is 0 Å². The lowest BCUT2D eigenvalue weighted by Crippen LogP contribution is -2.61. The molecule has 0 fully saturated rings. The number of hydrogen-bond donors (Lipinski definition) is 0. The van der Waals surface area contributed by atoms with Crippen LogP contribution in [0.25, 0.3) is 11.1 Å². The van der Waals surface area contributed by atoms with E-state index in [4.69, 9.17) is 0 Å². The molecule has 3 heterocycles. The van der Waals surface area contributed by atoms with E-state index in [0.29, 0.717) is 0 Å². The zero-order chi connectivity index (χ0) is 52.1. The predicted octanol–water partition coefficient (Wildman–Crippen LogP) is 16.9. The van der Waals surface area contributed by atoms with E-state index in [2.05, 4.69) is 281 Å². The molecule has 12 rings (SSSR count). The average Bonchev–Trinajstić information content (AvgIpc) is 3.58. The summed E-state index contributed by atoms with van der Waals surface area (Å²) in [5.74, 6) is 0. The van der Waals surface area contributed by atoms with Crippen LogP contribution in [0.15, 0.2) is 170 Å². The highest BCUT2D eigenvalue weighted by Gasteiger charge is 2.60. The van der Waals surface area contributed by atoms with Gasteiger partial charge in [0.1, 0.15) is 0 Å². The summed E-state index contributed by atoms with van der Waals surface area (Å²) >= 11 is 0. The van der Waals surface area contributed by atoms with Gasteiger partial charge in [0.05, 0.1) is 5.54 Å². The zero-order valence-corrected chi connectivity index (χ0v) is 46.5. The van der Waals surface area contributed by atoms with Crippen LogP contribution in [0.5, 0.6) is 0 Å². The number of rotatable bonds is 4. The van der Waals surface area contributed by atoms with Gasteiger partial charge in [0, 0.05) is 50.9 Å². The van der Waals surface area contributed by atoms with E-state index in [1.54, 1.807) is 0 Å². The summed E-state index contributed by atoms with van der Waals surface area (Å²) < 4.78 is 0. The van der Waals surface area contributed by atoms with Gasteiger partial charge in [-0.25, -0.2) is 0 Å². The maximum atomic E-state index is 2.75. The maximum Gasteiger partial charge on any atom is 0.252 e. The van der Waals surface area contributed by atoms with E-state index >= 15 is 0 Å². The Balaban J connectivity index is 1.16. The van der Waals surface area contributed by atoms with Crippen molar-refractivity contribution in [1.82, 2.24) is 0 Å². The summed E-state index contributed by atoms with van der Waals surface area (Å²) in [5, 5.41) is 0. The number of fused-ring (bicyclic) bond motifs is 9. The Hall–Kier alpha value is -6.78. The molecule has 3 aliphatic heterocycles. The minimum atomic E-state index is -0.366. The minimum absolute atomic E-state index is 0.00946. The summed E-state index contributed by atoms with van der Waals surface area (Å²) in [5.41, 5.74) is 25.4. The molecular weight excluding hydrogens is 894 g/mol. The third kappa shape index (κ3) is 7.28. The first-order valence-electron chi connectivity index (χ1n) is 27.3. The second-order valence-corrected chi connectivity index (χ2v) is 26.6. The summed E-state index contributed by atoms with van der Waals surface area (Å²) in [6.07, 6.45) is 2.12. The van der Waals surface area contributed by atoms with Crippen LogP contribution in [0, 0.1) is 0 Å². The molecule has 4 heteroatoms. The Kier molecular flexibility index (Phi) is 10.7. The van der Waals surface area contributed by atoms with Crippen LogP contribution in [0.4, 0.5) is 45.5 Å². The maximum absolute atomic E-state index is 2.75. The van der Waals surface area contributed by atoms with Crippen molar-refractivity contribution in [2.24, 2.45) is 0 Å². The van der Waals surface area contributed by atoms with Gasteiger partial charge in [-0.1, -0.05) is 193 Å². The topological polar surface area (TPSA) is 9.72 Å². The van der Waals surface area contributed by atoms with E-state index in [0.717, 1.165) is 12.8 Å². The molecule has 0 spiro atoms. The normalized spacial score (nSPS) is 18.8. The molecule has 0 bridgehead atoms. The van der Waals surface area contributed by atoms with Gasteiger partial charge >= 0.3 is 0 Å². The lowest BCUT2D eigenvalue weighted by atomic mass is 9.33. The Labute approximate surface area is 443 Å². The van der Waals surface area contributed by atoms with Gasteiger partial charge in [0.15, 0.2) is 0 Å². The van der Waals surface area contributed by atoms with Crippen LogP contribution in [0.2, 0.25) is 0 Å². The summed E-state index contributed by atoms with van der Waals surface area (Å²) in [6.45, 7) is 33.2. The first-order chi connectivity index (χ1) is 35.0. The van der Waals surface area contributed by atoms with Gasteiger partial charge in [0.25, 0.3) is 6.71 Å². The number of anilines is 8. The van der Waals surface area contributed by atoms with Crippen LogP contribution in [-0.2, 0) is 39.0 Å². The Morgan fingerprint density at radius 1 is 0.392 bits per heavy atom. The molecule has 372 valence electrons. The van der Waals surface area contributed by atoms with Crippen molar-refractivity contribution in [3.63, 3.8) is 0 Å². The van der Waals surface area contributed by atoms with Crippen LogP contribution in [0.1, 0.15) is 142 Å². The molecular formula is C70H74BN3. The third-order valence-corrected chi connectivity index (χ3v) is 17.9. The van der Waals surface area contributed by atoms with Crippen molar-refractivity contribution in [2.45, 2.75) is 142 Å². The second-order valence-electron chi connectivity index (χ2n) is 26.6. The van der Waals surface area contributed by atoms with E-state index in [-0.39, 0.29) is 39.3 Å². The zero-order valence-electron chi connectivity index (χ0n) is 46.5. The summed E-state index contributed by atoms with van der Waals surface area (Å²) in [6, 6.07) is 66.5. The second kappa shape index (κ2) is 16.4. The van der Waals surface area contributed by atoms with Crippen LogP contribution >= 0.6 is 0 Å². The first-order valence-corrected chi connectivity index (χ1v) is 27.3. The molecule has 1 aliphatic carbocycles. The molecule has 0 aromatic heterocycles. The number of benzene rings is 8. The van der Waals surface area contributed by atoms with Crippen LogP contribution in [-0.4, -0.2) is 6.71 Å². The molecule has 2 unspecified atom stereocenters. The third-order valence-electron chi connectivity index (χ3n) is 17.9. The van der Waals surface area contributed by atoms with Crippen molar-refractivity contribution in [2.75, 3.05) is 14.7 Å². The number of nitrogens with zero attached hydrogens (tertiary/aromatic N) is 3. The van der Waals surface area contributed by atoms with E-state index in [1.165, 1.54) is 112 Å². The smallest absolute Gasteiger partial charge is 0.252 e. The number of aryl methyl sites for hydroxylation is 1. The molecule has 2 atom stereocenters. The molecule has 8 aromatic rings. The summed E-state index contributed by atoms with van der Waals surface area (Å²) in [4.78, 5) is 8.01. The fraction of sp³-hybridized carbons (Fsp3) is 0.314. The first kappa shape index (κ1) is 48.2. The summed E-state index contributed by atoms with van der Waals surface area (Å²) in [7, 11) is 0. The predicted molar refractivity (Wildman–Crippen MR) is 319 cm³/mol. The highest BCUT2D eigenvalue weighted by Crippen LogP contribution is 2.64. The molecule has 4 aliphatic rings. The highest BCUT2D eigenvalue weighted by atomic mass is 15.3. The van der Waals surface area contributed by atoms with Gasteiger partial charge < -0.3 is 14.7 Å². The van der Waals surface area contributed by atoms with E-state index < -0.39 is 0 Å². The van der Waals surface area contributed by atoms with E-state index in [9.17, 15) is 0 Å². The van der Waals surface area contributed by atoms with Crippen LogP contribution < -0.4 is 31.1 Å². The monoisotopic (exact) mass is 968 g/mol. The molecule has 0 saturated carbocycles. The molecule has 3 nitrogen and oxygen atoms in total. The molecule has 0 N–H and O–H groups in total. The van der Waals surface area contributed by atoms with E-state index in [1.807, 2.05) is 0 Å². The average molecular weight is 968 g/mol. The minimum Gasteiger partial charge on any atom is -0.330 e. The Bertz CT molecular complexity index is 3540. The van der Waals surface area contributed by atoms with Crippen molar-refractivity contribution in [3.05, 3.63) is 209 Å². The largest absolute Gasteiger partial charge is 0.330 e.